The molecule has 0 aliphatic heterocycles. The third-order valence-corrected chi connectivity index (χ3v) is 5.28. The van der Waals surface area contributed by atoms with Gasteiger partial charge in [0.15, 0.2) is 5.65 Å². The Bertz CT molecular complexity index is 1190. The third kappa shape index (κ3) is 2.66. The molecule has 4 aromatic heterocycles. The van der Waals surface area contributed by atoms with Crippen molar-refractivity contribution in [2.75, 3.05) is 12.4 Å². The van der Waals surface area contributed by atoms with Crippen molar-refractivity contribution in [3.05, 3.63) is 30.4 Å². The number of methoxy groups -OCH3 is 1. The van der Waals surface area contributed by atoms with Gasteiger partial charge in [-0.1, -0.05) is 0 Å². The fourth-order valence-electron chi connectivity index (χ4n) is 3.89. The Labute approximate surface area is 160 Å². The summed E-state index contributed by atoms with van der Waals surface area (Å²) in [6.45, 7) is 3.75. The summed E-state index contributed by atoms with van der Waals surface area (Å²) in [5.41, 5.74) is 2.81. The van der Waals surface area contributed by atoms with Crippen molar-refractivity contribution in [1.29, 1.82) is 0 Å². The summed E-state index contributed by atoms with van der Waals surface area (Å²) >= 11 is 0. The Morgan fingerprint density at radius 3 is 2.86 bits per heavy atom. The lowest BCUT2D eigenvalue weighted by Crippen LogP contribution is -2.48. The van der Waals surface area contributed by atoms with Gasteiger partial charge in [-0.05, 0) is 38.8 Å². The summed E-state index contributed by atoms with van der Waals surface area (Å²) < 4.78 is 7.51. The number of nitrogens with one attached hydrogen (secondary N) is 2. The van der Waals surface area contributed by atoms with E-state index in [9.17, 15) is 5.11 Å². The molecule has 9 nitrogen and oxygen atoms in total. The summed E-state index contributed by atoms with van der Waals surface area (Å²) in [6, 6.07) is 4.08. The maximum Gasteiger partial charge on any atom is 0.228 e. The van der Waals surface area contributed by atoms with E-state index in [1.807, 2.05) is 42.8 Å². The summed E-state index contributed by atoms with van der Waals surface area (Å²) in [6.07, 6.45) is 5.24. The van der Waals surface area contributed by atoms with E-state index in [-0.39, 0.29) is 6.04 Å². The topological polar surface area (TPSA) is 113 Å². The van der Waals surface area contributed by atoms with Crippen molar-refractivity contribution in [3.8, 4) is 17.0 Å². The molecule has 0 saturated heterocycles. The standard InChI is InChI=1S/C19H21N7O2/c1-10-24-25-14-5-4-11(9-26(10)14)13-8-20-16-15(13)17(28-3)23-18(22-16)21-12-6-19(2,27)7-12/h4-5,8-9,12,27H,6-7H2,1-3H3,(H2,20,21,22,23)/t12-,19+. The molecule has 1 aliphatic carbocycles. The highest BCUT2D eigenvalue weighted by molar-refractivity contribution is 5.97. The predicted octanol–water partition coefficient (Wildman–Crippen LogP) is 2.31. The van der Waals surface area contributed by atoms with Crippen LogP contribution >= 0.6 is 0 Å². The lowest BCUT2D eigenvalue weighted by molar-refractivity contribution is -0.0236. The molecule has 0 aromatic carbocycles. The minimum Gasteiger partial charge on any atom is -0.480 e. The normalized spacial score (nSPS) is 21.8. The zero-order chi connectivity index (χ0) is 19.5. The number of hydrogen-bond donors (Lipinski definition) is 3. The number of fused-ring (bicyclic) bond motifs is 2. The Hall–Kier alpha value is -3.20. The van der Waals surface area contributed by atoms with Gasteiger partial charge >= 0.3 is 0 Å². The Balaban J connectivity index is 1.56. The van der Waals surface area contributed by atoms with Gasteiger partial charge in [-0.25, -0.2) is 0 Å². The van der Waals surface area contributed by atoms with Gasteiger partial charge < -0.3 is 20.1 Å². The number of aryl methyl sites for hydroxylation is 1. The van der Waals surface area contributed by atoms with E-state index < -0.39 is 5.60 Å². The van der Waals surface area contributed by atoms with E-state index in [0.29, 0.717) is 30.3 Å². The average molecular weight is 379 g/mol. The molecule has 1 fully saturated rings. The van der Waals surface area contributed by atoms with Crippen LogP contribution in [0.2, 0.25) is 0 Å². The molecule has 0 atom stereocenters. The second kappa shape index (κ2) is 5.90. The lowest BCUT2D eigenvalue weighted by atomic mass is 9.77. The molecule has 9 heteroatoms. The lowest BCUT2D eigenvalue weighted by Gasteiger charge is -2.41. The van der Waals surface area contributed by atoms with Crippen LogP contribution in [0.3, 0.4) is 0 Å². The number of aromatic nitrogens is 6. The smallest absolute Gasteiger partial charge is 0.228 e. The highest BCUT2D eigenvalue weighted by Crippen LogP contribution is 2.36. The molecule has 0 unspecified atom stereocenters. The highest BCUT2D eigenvalue weighted by Gasteiger charge is 2.38. The van der Waals surface area contributed by atoms with Crippen LogP contribution in [0.25, 0.3) is 27.8 Å². The number of nitrogens with zero attached hydrogens (tertiary/aromatic N) is 5. The summed E-state index contributed by atoms with van der Waals surface area (Å²) in [4.78, 5) is 12.4. The van der Waals surface area contributed by atoms with Crippen molar-refractivity contribution in [2.45, 2.75) is 38.3 Å². The maximum absolute atomic E-state index is 9.92. The van der Waals surface area contributed by atoms with Gasteiger partial charge in [-0.3, -0.25) is 4.40 Å². The van der Waals surface area contributed by atoms with Gasteiger partial charge in [0, 0.05) is 29.6 Å². The first-order valence-electron chi connectivity index (χ1n) is 9.17. The van der Waals surface area contributed by atoms with Crippen LogP contribution < -0.4 is 10.1 Å². The molecule has 4 aromatic rings. The SMILES string of the molecule is COc1nc(N[C@H]2C[C@@](C)(O)C2)nc2[nH]cc(-c3ccc4nnc(C)n4c3)c12. The fraction of sp³-hybridized carbons (Fsp3) is 0.368. The number of anilines is 1. The van der Waals surface area contributed by atoms with E-state index in [2.05, 4.69) is 30.5 Å². The van der Waals surface area contributed by atoms with Crippen LogP contribution in [0.5, 0.6) is 5.88 Å². The third-order valence-electron chi connectivity index (χ3n) is 5.28. The fourth-order valence-corrected chi connectivity index (χ4v) is 3.89. The van der Waals surface area contributed by atoms with Crippen molar-refractivity contribution in [2.24, 2.45) is 0 Å². The Morgan fingerprint density at radius 2 is 2.11 bits per heavy atom. The largest absolute Gasteiger partial charge is 0.480 e. The van der Waals surface area contributed by atoms with Crippen molar-refractivity contribution < 1.29 is 9.84 Å². The number of pyridine rings is 1. The molecule has 5 rings (SSSR count). The van der Waals surface area contributed by atoms with Crippen molar-refractivity contribution in [3.63, 3.8) is 0 Å². The van der Waals surface area contributed by atoms with E-state index in [0.717, 1.165) is 28.0 Å². The quantitative estimate of drug-likeness (QED) is 0.499. The minimum absolute atomic E-state index is 0.158. The number of H-pyrrole nitrogens is 1. The van der Waals surface area contributed by atoms with Gasteiger partial charge in [0.2, 0.25) is 11.8 Å². The second-order valence-corrected chi connectivity index (χ2v) is 7.62. The zero-order valence-corrected chi connectivity index (χ0v) is 15.9. The van der Waals surface area contributed by atoms with Crippen LogP contribution in [0.1, 0.15) is 25.6 Å². The minimum atomic E-state index is -0.607. The first kappa shape index (κ1) is 16.9. The number of aromatic amines is 1. The Morgan fingerprint density at radius 1 is 1.29 bits per heavy atom. The number of aliphatic hydroxyl groups is 1. The van der Waals surface area contributed by atoms with Gasteiger partial charge in [0.1, 0.15) is 11.5 Å². The Kier molecular flexibility index (Phi) is 3.57. The average Bonchev–Trinajstić information content (AvgIpc) is 3.23. The molecule has 0 radical (unpaired) electrons. The molecular formula is C19H21N7O2. The van der Waals surface area contributed by atoms with Gasteiger partial charge in [-0.15, -0.1) is 10.2 Å². The first-order chi connectivity index (χ1) is 13.4. The molecule has 0 amide bonds. The number of hydrogen-bond acceptors (Lipinski definition) is 7. The molecule has 1 aliphatic rings. The van der Waals surface area contributed by atoms with Gasteiger partial charge in [0.05, 0.1) is 18.1 Å². The van der Waals surface area contributed by atoms with Crippen LogP contribution in [0.15, 0.2) is 24.5 Å². The molecule has 4 heterocycles. The maximum atomic E-state index is 9.92. The van der Waals surface area contributed by atoms with Crippen LogP contribution in [0.4, 0.5) is 5.95 Å². The van der Waals surface area contributed by atoms with Crippen molar-refractivity contribution in [1.82, 2.24) is 29.5 Å². The van der Waals surface area contributed by atoms with E-state index in [1.165, 1.54) is 0 Å². The van der Waals surface area contributed by atoms with Gasteiger partial charge in [-0.2, -0.15) is 9.97 Å². The molecule has 28 heavy (non-hydrogen) atoms. The summed E-state index contributed by atoms with van der Waals surface area (Å²) in [5.74, 6) is 1.81. The van der Waals surface area contributed by atoms with E-state index in [1.54, 1.807) is 7.11 Å². The zero-order valence-electron chi connectivity index (χ0n) is 15.9. The highest BCUT2D eigenvalue weighted by atomic mass is 16.5. The summed E-state index contributed by atoms with van der Waals surface area (Å²) in [5, 5.41) is 22.2. The number of ether oxygens (including phenoxy) is 1. The van der Waals surface area contributed by atoms with Crippen LogP contribution in [-0.4, -0.2) is 53.4 Å². The summed E-state index contributed by atoms with van der Waals surface area (Å²) in [7, 11) is 1.60. The first-order valence-corrected chi connectivity index (χ1v) is 9.17. The van der Waals surface area contributed by atoms with Crippen LogP contribution in [-0.2, 0) is 0 Å². The molecule has 0 spiro atoms. The molecule has 3 N–H and O–H groups in total. The predicted molar refractivity (Wildman–Crippen MR) is 104 cm³/mol. The number of rotatable bonds is 4. The van der Waals surface area contributed by atoms with Crippen LogP contribution in [0, 0.1) is 6.92 Å². The van der Waals surface area contributed by atoms with E-state index >= 15 is 0 Å². The molecule has 144 valence electrons. The van der Waals surface area contributed by atoms with E-state index in [4.69, 9.17) is 4.74 Å². The van der Waals surface area contributed by atoms with Crippen molar-refractivity contribution >= 4 is 22.6 Å². The molecule has 0 bridgehead atoms. The monoisotopic (exact) mass is 379 g/mol. The van der Waals surface area contributed by atoms with Gasteiger partial charge in [0.25, 0.3) is 0 Å². The molecular weight excluding hydrogens is 358 g/mol. The molecule has 1 saturated carbocycles. The second-order valence-electron chi connectivity index (χ2n) is 7.62.